The number of hydrogen-bond donors (Lipinski definition) is 1. The van der Waals surface area contributed by atoms with Crippen molar-refractivity contribution in [2.75, 3.05) is 0 Å². The molecule has 0 fully saturated rings. The zero-order chi connectivity index (χ0) is 8.10. The van der Waals surface area contributed by atoms with Gasteiger partial charge >= 0.3 is 0 Å². The molecule has 3 nitrogen and oxygen atoms in total. The Morgan fingerprint density at radius 1 is 1.55 bits per heavy atom. The predicted octanol–water partition coefficient (Wildman–Crippen LogP) is 0.919. The lowest BCUT2D eigenvalue weighted by Crippen LogP contribution is -1.88. The predicted molar refractivity (Wildman–Crippen MR) is 40.3 cm³/mol. The van der Waals surface area contributed by atoms with Gasteiger partial charge in [0.1, 0.15) is 12.0 Å². The van der Waals surface area contributed by atoms with Crippen LogP contribution in [-0.4, -0.2) is 16.4 Å². The maximum Gasteiger partial charge on any atom is 0.133 e. The fraction of sp³-hybridized carbons (Fsp3) is 0.250. The zero-order valence-electron chi connectivity index (χ0n) is 6.03. The van der Waals surface area contributed by atoms with Gasteiger partial charge in [-0.25, -0.2) is 0 Å². The molecule has 0 radical (unpaired) electrons. The smallest absolute Gasteiger partial charge is 0.133 e. The Bertz CT molecular complexity index is 230. The Morgan fingerprint density at radius 3 is 2.91 bits per heavy atom. The maximum atomic E-state index is 9.97. The molecule has 1 aromatic rings. The van der Waals surface area contributed by atoms with Gasteiger partial charge in [-0.05, 0) is 18.6 Å². The molecular formula is C8H9NO2. The molecule has 1 heterocycles. The van der Waals surface area contributed by atoms with Crippen LogP contribution in [0.3, 0.4) is 0 Å². The van der Waals surface area contributed by atoms with Crippen molar-refractivity contribution in [1.82, 2.24) is 4.98 Å². The van der Waals surface area contributed by atoms with Gasteiger partial charge in [0.2, 0.25) is 0 Å². The molecule has 0 unspecified atom stereocenters. The summed E-state index contributed by atoms with van der Waals surface area (Å²) >= 11 is 0. The lowest BCUT2D eigenvalue weighted by Gasteiger charge is -1.95. The summed E-state index contributed by atoms with van der Waals surface area (Å²) in [5, 5.41) is 8.85. The Hall–Kier alpha value is -1.38. The topological polar surface area (TPSA) is 50.2 Å². The standard InChI is InChI=1S/C8H9NO2/c10-5-1-2-7-3-4-8(11)6-9-7/h3-6,11H,1-2H2. The van der Waals surface area contributed by atoms with Crippen molar-refractivity contribution in [2.24, 2.45) is 0 Å². The normalized spacial score (nSPS) is 9.45. The number of nitrogens with zero attached hydrogens (tertiary/aromatic N) is 1. The van der Waals surface area contributed by atoms with Crippen LogP contribution < -0.4 is 0 Å². The third kappa shape index (κ3) is 2.37. The van der Waals surface area contributed by atoms with Gasteiger partial charge in [-0.2, -0.15) is 0 Å². The molecule has 0 aromatic carbocycles. The van der Waals surface area contributed by atoms with Crippen LogP contribution in [-0.2, 0) is 11.2 Å². The molecule has 1 rings (SSSR count). The third-order valence-electron chi connectivity index (χ3n) is 1.33. The summed E-state index contributed by atoms with van der Waals surface area (Å²) in [6.45, 7) is 0. The summed E-state index contributed by atoms with van der Waals surface area (Å²) in [7, 11) is 0. The molecule has 0 aliphatic rings. The van der Waals surface area contributed by atoms with Crippen molar-refractivity contribution < 1.29 is 9.90 Å². The first kappa shape index (κ1) is 7.72. The molecule has 58 valence electrons. The summed E-state index contributed by atoms with van der Waals surface area (Å²) < 4.78 is 0. The summed E-state index contributed by atoms with van der Waals surface area (Å²) in [5.41, 5.74) is 0.829. The molecule has 11 heavy (non-hydrogen) atoms. The van der Waals surface area contributed by atoms with Gasteiger partial charge in [-0.3, -0.25) is 4.98 Å². The average Bonchev–Trinajstić information content (AvgIpc) is 2.04. The number of carbonyl (C=O) groups is 1. The SMILES string of the molecule is O=CCCc1ccc(O)cn1. The van der Waals surface area contributed by atoms with E-state index in [9.17, 15) is 4.79 Å². The number of aryl methyl sites for hydroxylation is 1. The van der Waals surface area contributed by atoms with Crippen LogP contribution in [0.2, 0.25) is 0 Å². The summed E-state index contributed by atoms with van der Waals surface area (Å²) in [6.07, 6.45) is 3.36. The van der Waals surface area contributed by atoms with Crippen LogP contribution in [0.15, 0.2) is 18.3 Å². The fourth-order valence-electron chi connectivity index (χ4n) is 0.771. The minimum Gasteiger partial charge on any atom is -0.506 e. The molecule has 0 amide bonds. The number of aromatic nitrogens is 1. The number of carbonyl (C=O) groups excluding carboxylic acids is 1. The summed E-state index contributed by atoms with van der Waals surface area (Å²) in [4.78, 5) is 13.9. The van der Waals surface area contributed by atoms with Crippen molar-refractivity contribution in [3.8, 4) is 5.75 Å². The zero-order valence-corrected chi connectivity index (χ0v) is 6.03. The number of aldehydes is 1. The highest BCUT2D eigenvalue weighted by molar-refractivity contribution is 5.49. The molecule has 0 atom stereocenters. The van der Waals surface area contributed by atoms with Gasteiger partial charge in [-0.1, -0.05) is 0 Å². The lowest BCUT2D eigenvalue weighted by molar-refractivity contribution is -0.107. The average molecular weight is 151 g/mol. The highest BCUT2D eigenvalue weighted by Gasteiger charge is 1.92. The highest BCUT2D eigenvalue weighted by atomic mass is 16.3. The fourth-order valence-corrected chi connectivity index (χ4v) is 0.771. The van der Waals surface area contributed by atoms with Crippen molar-refractivity contribution in [1.29, 1.82) is 0 Å². The van der Waals surface area contributed by atoms with Crippen LogP contribution in [0.25, 0.3) is 0 Å². The van der Waals surface area contributed by atoms with E-state index < -0.39 is 0 Å². The van der Waals surface area contributed by atoms with Gasteiger partial charge in [0.05, 0.1) is 6.20 Å². The molecule has 0 bridgehead atoms. The van der Waals surface area contributed by atoms with Gasteiger partial charge < -0.3 is 9.90 Å². The first-order chi connectivity index (χ1) is 5.33. The Labute approximate surface area is 64.7 Å². The van der Waals surface area contributed by atoms with Gasteiger partial charge in [0.15, 0.2) is 0 Å². The Kier molecular flexibility index (Phi) is 2.60. The molecule has 0 aliphatic carbocycles. The van der Waals surface area contributed by atoms with E-state index in [1.807, 2.05) is 0 Å². The molecule has 0 saturated heterocycles. The minimum atomic E-state index is 0.153. The van der Waals surface area contributed by atoms with E-state index >= 15 is 0 Å². The minimum absolute atomic E-state index is 0.153. The van der Waals surface area contributed by atoms with E-state index in [-0.39, 0.29) is 5.75 Å². The van der Waals surface area contributed by atoms with E-state index in [1.54, 1.807) is 12.1 Å². The largest absolute Gasteiger partial charge is 0.506 e. The third-order valence-corrected chi connectivity index (χ3v) is 1.33. The maximum absolute atomic E-state index is 9.97. The monoisotopic (exact) mass is 151 g/mol. The quantitative estimate of drug-likeness (QED) is 0.653. The number of rotatable bonds is 3. The Morgan fingerprint density at radius 2 is 2.36 bits per heavy atom. The number of hydrogen-bond acceptors (Lipinski definition) is 3. The summed E-state index contributed by atoms with van der Waals surface area (Å²) in [5.74, 6) is 0.153. The van der Waals surface area contributed by atoms with Crippen LogP contribution >= 0.6 is 0 Å². The second-order valence-electron chi connectivity index (χ2n) is 2.21. The number of aromatic hydroxyl groups is 1. The van der Waals surface area contributed by atoms with E-state index in [1.165, 1.54) is 6.20 Å². The Balaban J connectivity index is 2.58. The molecule has 0 aliphatic heterocycles. The van der Waals surface area contributed by atoms with E-state index in [0.29, 0.717) is 12.8 Å². The van der Waals surface area contributed by atoms with Crippen molar-refractivity contribution in [3.63, 3.8) is 0 Å². The molecule has 1 N–H and O–H groups in total. The van der Waals surface area contributed by atoms with E-state index in [2.05, 4.69) is 4.98 Å². The first-order valence-electron chi connectivity index (χ1n) is 3.40. The second kappa shape index (κ2) is 3.71. The lowest BCUT2D eigenvalue weighted by atomic mass is 10.2. The van der Waals surface area contributed by atoms with Gasteiger partial charge in [-0.15, -0.1) is 0 Å². The van der Waals surface area contributed by atoms with Crippen LogP contribution in [0, 0.1) is 0 Å². The van der Waals surface area contributed by atoms with E-state index in [0.717, 1.165) is 12.0 Å². The molecule has 0 saturated carbocycles. The molecule has 1 aromatic heterocycles. The second-order valence-corrected chi connectivity index (χ2v) is 2.21. The summed E-state index contributed by atoms with van der Waals surface area (Å²) in [6, 6.07) is 3.27. The molecule has 0 spiro atoms. The van der Waals surface area contributed by atoms with Crippen LogP contribution in [0.1, 0.15) is 12.1 Å². The van der Waals surface area contributed by atoms with Crippen molar-refractivity contribution >= 4 is 6.29 Å². The highest BCUT2D eigenvalue weighted by Crippen LogP contribution is 2.06. The van der Waals surface area contributed by atoms with Gasteiger partial charge in [0, 0.05) is 12.1 Å². The van der Waals surface area contributed by atoms with E-state index in [4.69, 9.17) is 5.11 Å². The van der Waals surface area contributed by atoms with Crippen LogP contribution in [0.5, 0.6) is 5.75 Å². The molecule has 3 heteroatoms. The first-order valence-corrected chi connectivity index (χ1v) is 3.40. The number of pyridine rings is 1. The van der Waals surface area contributed by atoms with Crippen LogP contribution in [0.4, 0.5) is 0 Å². The van der Waals surface area contributed by atoms with Crippen molar-refractivity contribution in [3.05, 3.63) is 24.0 Å². The van der Waals surface area contributed by atoms with Gasteiger partial charge in [0.25, 0.3) is 0 Å². The molecular weight excluding hydrogens is 142 g/mol. The van der Waals surface area contributed by atoms with Crippen molar-refractivity contribution in [2.45, 2.75) is 12.8 Å².